The van der Waals surface area contributed by atoms with E-state index in [0.717, 1.165) is 38.0 Å². The van der Waals surface area contributed by atoms with Crippen LogP contribution in [0.15, 0.2) is 0 Å². The van der Waals surface area contributed by atoms with Gasteiger partial charge in [-0.05, 0) is 31.7 Å². The van der Waals surface area contributed by atoms with E-state index in [0.29, 0.717) is 0 Å². The van der Waals surface area contributed by atoms with E-state index in [1.165, 1.54) is 25.8 Å². The largest absolute Gasteiger partial charge is 0.348 e. The number of nitrogens with one attached hydrogen (secondary N) is 1. The second-order valence-corrected chi connectivity index (χ2v) is 4.81. The number of piperidine rings is 1. The third-order valence-corrected chi connectivity index (χ3v) is 3.95. The van der Waals surface area contributed by atoms with Gasteiger partial charge in [-0.2, -0.15) is 0 Å². The summed E-state index contributed by atoms with van der Waals surface area (Å²) in [5.41, 5.74) is 0. The van der Waals surface area contributed by atoms with Crippen LogP contribution in [0.2, 0.25) is 0 Å². The van der Waals surface area contributed by atoms with Crippen molar-refractivity contribution in [2.24, 2.45) is 5.92 Å². The van der Waals surface area contributed by atoms with Crippen LogP contribution in [-0.4, -0.2) is 31.6 Å². The average Bonchev–Trinajstić information content (AvgIpc) is 2.66. The quantitative estimate of drug-likeness (QED) is 0.634. The van der Waals surface area contributed by atoms with Gasteiger partial charge in [0.2, 0.25) is 0 Å². The minimum Gasteiger partial charge on any atom is -0.348 e. The predicted octanol–water partition coefficient (Wildman–Crippen LogP) is 1.28. The van der Waals surface area contributed by atoms with Crippen LogP contribution in [-0.2, 0) is 9.47 Å². The summed E-state index contributed by atoms with van der Waals surface area (Å²) in [6, 6.07) is 0.738. The van der Waals surface area contributed by atoms with E-state index in [9.17, 15) is 0 Å². The summed E-state index contributed by atoms with van der Waals surface area (Å²) >= 11 is 0. The van der Waals surface area contributed by atoms with Crippen LogP contribution >= 0.6 is 0 Å². The zero-order valence-electron chi connectivity index (χ0n) is 8.63. The first-order chi connectivity index (χ1) is 6.88. The predicted molar refractivity (Wildman–Crippen MR) is 53.0 cm³/mol. The topological polar surface area (TPSA) is 30.5 Å². The summed E-state index contributed by atoms with van der Waals surface area (Å²) < 4.78 is 11.6. The summed E-state index contributed by atoms with van der Waals surface area (Å²) in [5.74, 6) is 0.607. The van der Waals surface area contributed by atoms with Gasteiger partial charge in [-0.15, -0.1) is 0 Å². The lowest BCUT2D eigenvalue weighted by molar-refractivity contribution is -0.192. The molecule has 2 saturated heterocycles. The van der Waals surface area contributed by atoms with Gasteiger partial charge < -0.3 is 14.8 Å². The van der Waals surface area contributed by atoms with Crippen molar-refractivity contribution in [2.45, 2.75) is 43.9 Å². The molecule has 0 amide bonds. The maximum atomic E-state index is 5.78. The highest BCUT2D eigenvalue weighted by Gasteiger charge is 2.45. The van der Waals surface area contributed by atoms with Crippen molar-refractivity contribution < 1.29 is 9.47 Å². The average molecular weight is 197 g/mol. The summed E-state index contributed by atoms with van der Waals surface area (Å²) in [7, 11) is 0. The van der Waals surface area contributed by atoms with E-state index < -0.39 is 0 Å². The Balaban J connectivity index is 1.70. The molecule has 1 saturated carbocycles. The first-order valence-electron chi connectivity index (χ1n) is 5.89. The second-order valence-electron chi connectivity index (χ2n) is 4.81. The van der Waals surface area contributed by atoms with Crippen LogP contribution in [0.1, 0.15) is 32.1 Å². The molecule has 0 aromatic carbocycles. The summed E-state index contributed by atoms with van der Waals surface area (Å²) in [4.78, 5) is 0. The second kappa shape index (κ2) is 3.47. The monoisotopic (exact) mass is 197 g/mol. The Bertz CT molecular complexity index is 213. The van der Waals surface area contributed by atoms with Crippen molar-refractivity contribution in [2.75, 3.05) is 19.8 Å². The number of rotatable bonds is 0. The Hall–Kier alpha value is -0.120. The maximum Gasteiger partial charge on any atom is 0.168 e. The lowest BCUT2D eigenvalue weighted by Crippen LogP contribution is -2.50. The highest BCUT2D eigenvalue weighted by atomic mass is 16.7. The van der Waals surface area contributed by atoms with E-state index in [-0.39, 0.29) is 5.79 Å². The smallest absolute Gasteiger partial charge is 0.168 e. The number of hydrogen-bond donors (Lipinski definition) is 1. The molecule has 14 heavy (non-hydrogen) atoms. The Labute approximate surface area is 85.1 Å². The van der Waals surface area contributed by atoms with Gasteiger partial charge in [0.15, 0.2) is 5.79 Å². The fraction of sp³-hybridized carbons (Fsp3) is 1.00. The standard InChI is InChI=1S/C11H19NO2/c1-2-9-8-11(13-6-7-14-11)4-3-10(9)12-5-1/h9-10,12H,1-8H2/t9-,10+/m0/s1. The molecule has 3 aliphatic rings. The van der Waals surface area contributed by atoms with Gasteiger partial charge in [-0.3, -0.25) is 0 Å². The van der Waals surface area contributed by atoms with Crippen LogP contribution < -0.4 is 5.32 Å². The molecule has 80 valence electrons. The first kappa shape index (κ1) is 9.13. The molecule has 1 spiro atoms. The molecule has 0 bridgehead atoms. The third kappa shape index (κ3) is 1.47. The van der Waals surface area contributed by atoms with Gasteiger partial charge in [0.1, 0.15) is 0 Å². The summed E-state index contributed by atoms with van der Waals surface area (Å²) in [5, 5.41) is 3.62. The van der Waals surface area contributed by atoms with Crippen LogP contribution in [0.25, 0.3) is 0 Å². The van der Waals surface area contributed by atoms with Crippen molar-refractivity contribution in [1.29, 1.82) is 0 Å². The molecule has 3 heteroatoms. The molecular weight excluding hydrogens is 178 g/mol. The van der Waals surface area contributed by atoms with Crippen LogP contribution in [0.3, 0.4) is 0 Å². The van der Waals surface area contributed by atoms with Crippen LogP contribution in [0, 0.1) is 5.92 Å². The zero-order valence-corrected chi connectivity index (χ0v) is 8.63. The van der Waals surface area contributed by atoms with E-state index in [1.54, 1.807) is 0 Å². The molecule has 1 N–H and O–H groups in total. The fourth-order valence-electron chi connectivity index (χ4n) is 3.24. The van der Waals surface area contributed by atoms with Crippen molar-refractivity contribution in [3.63, 3.8) is 0 Å². The molecule has 3 nitrogen and oxygen atoms in total. The summed E-state index contributed by atoms with van der Waals surface area (Å²) in [6.45, 7) is 2.80. The van der Waals surface area contributed by atoms with E-state index in [2.05, 4.69) is 5.32 Å². The van der Waals surface area contributed by atoms with Gasteiger partial charge in [0.05, 0.1) is 13.2 Å². The lowest BCUT2D eigenvalue weighted by Gasteiger charge is -2.43. The molecule has 2 atom stereocenters. The summed E-state index contributed by atoms with van der Waals surface area (Å²) in [6.07, 6.45) is 6.10. The maximum absolute atomic E-state index is 5.78. The van der Waals surface area contributed by atoms with E-state index in [1.807, 2.05) is 0 Å². The Morgan fingerprint density at radius 3 is 2.86 bits per heavy atom. The van der Waals surface area contributed by atoms with E-state index in [4.69, 9.17) is 9.47 Å². The minimum absolute atomic E-state index is 0.180. The number of ether oxygens (including phenoxy) is 2. The Morgan fingerprint density at radius 1 is 1.14 bits per heavy atom. The highest BCUT2D eigenvalue weighted by molar-refractivity contribution is 4.93. The van der Waals surface area contributed by atoms with Gasteiger partial charge in [0.25, 0.3) is 0 Å². The molecule has 0 aromatic rings. The molecule has 2 heterocycles. The molecule has 0 unspecified atom stereocenters. The van der Waals surface area contributed by atoms with Gasteiger partial charge in [0, 0.05) is 18.9 Å². The molecule has 3 rings (SSSR count). The van der Waals surface area contributed by atoms with Crippen molar-refractivity contribution in [3.8, 4) is 0 Å². The first-order valence-corrected chi connectivity index (χ1v) is 5.89. The fourth-order valence-corrected chi connectivity index (χ4v) is 3.24. The molecule has 2 aliphatic heterocycles. The molecule has 3 fully saturated rings. The van der Waals surface area contributed by atoms with Gasteiger partial charge >= 0.3 is 0 Å². The normalized spacial score (nSPS) is 41.1. The number of hydrogen-bond acceptors (Lipinski definition) is 3. The van der Waals surface area contributed by atoms with Crippen molar-refractivity contribution >= 4 is 0 Å². The lowest BCUT2D eigenvalue weighted by atomic mass is 9.76. The van der Waals surface area contributed by atoms with Crippen molar-refractivity contribution in [1.82, 2.24) is 5.32 Å². The van der Waals surface area contributed by atoms with Crippen LogP contribution in [0.5, 0.6) is 0 Å². The zero-order chi connectivity index (χ0) is 9.43. The third-order valence-electron chi connectivity index (χ3n) is 3.95. The molecular formula is C11H19NO2. The Morgan fingerprint density at radius 2 is 2.00 bits per heavy atom. The van der Waals surface area contributed by atoms with Crippen molar-refractivity contribution in [3.05, 3.63) is 0 Å². The van der Waals surface area contributed by atoms with Gasteiger partial charge in [-0.1, -0.05) is 0 Å². The SMILES string of the molecule is C1CN[C@@H]2CCC3(C[C@@H]2C1)OCCO3. The van der Waals surface area contributed by atoms with Crippen LogP contribution in [0.4, 0.5) is 0 Å². The molecule has 0 aromatic heterocycles. The van der Waals surface area contributed by atoms with Gasteiger partial charge in [-0.25, -0.2) is 0 Å². The Kier molecular flexibility index (Phi) is 2.26. The molecule has 1 aliphatic carbocycles. The minimum atomic E-state index is -0.180. The molecule has 0 radical (unpaired) electrons. The highest BCUT2D eigenvalue weighted by Crippen LogP contribution is 2.41. The number of fused-ring (bicyclic) bond motifs is 1. The van der Waals surface area contributed by atoms with E-state index >= 15 is 0 Å².